The third-order valence-electron chi connectivity index (χ3n) is 4.57. The Morgan fingerprint density at radius 1 is 1.14 bits per heavy atom. The fourth-order valence-corrected chi connectivity index (χ4v) is 3.09. The maximum atomic E-state index is 8.32. The van der Waals surface area contributed by atoms with E-state index in [0.717, 1.165) is 5.56 Å². The molecule has 0 aromatic heterocycles. The highest BCUT2D eigenvalue weighted by atomic mass is 14.4. The first kappa shape index (κ1) is 15.8. The van der Waals surface area contributed by atoms with Crippen molar-refractivity contribution in [1.82, 2.24) is 0 Å². The molecule has 21 heavy (non-hydrogen) atoms. The monoisotopic (exact) mass is 281 g/mol. The number of allylic oxidation sites excluding steroid dienone is 4. The van der Waals surface area contributed by atoms with Crippen molar-refractivity contribution in [2.75, 3.05) is 0 Å². The van der Waals surface area contributed by atoms with Crippen LogP contribution in [0.1, 0.15) is 52.0 Å². The Morgan fingerprint density at radius 2 is 1.76 bits per heavy atom. The Balaban J connectivity index is 2.16. The summed E-state index contributed by atoms with van der Waals surface area (Å²) in [5.74, 6) is 0.610. The van der Waals surface area contributed by atoms with E-state index in [2.05, 4.69) is 39.0 Å². The van der Waals surface area contributed by atoms with E-state index in [1.54, 1.807) is 0 Å². The van der Waals surface area contributed by atoms with Gasteiger partial charge in [0.25, 0.3) is 0 Å². The van der Waals surface area contributed by atoms with Crippen LogP contribution in [0.2, 0.25) is 0 Å². The van der Waals surface area contributed by atoms with Gasteiger partial charge in [-0.05, 0) is 61.2 Å². The van der Waals surface area contributed by atoms with Gasteiger partial charge in [0.1, 0.15) is 0 Å². The molecule has 0 heterocycles. The highest BCUT2D eigenvalue weighted by Crippen LogP contribution is 2.41. The molecule has 0 spiro atoms. The van der Waals surface area contributed by atoms with E-state index in [0.29, 0.717) is 17.0 Å². The molecule has 0 atom stereocenters. The van der Waals surface area contributed by atoms with E-state index in [4.69, 9.17) is 5.41 Å². The molecule has 1 fully saturated rings. The predicted molar refractivity (Wildman–Crippen MR) is 91.9 cm³/mol. The van der Waals surface area contributed by atoms with Crippen molar-refractivity contribution in [3.63, 3.8) is 0 Å². The van der Waals surface area contributed by atoms with E-state index < -0.39 is 0 Å². The van der Waals surface area contributed by atoms with E-state index >= 15 is 0 Å². The minimum Gasteiger partial charge on any atom is -0.300 e. The molecule has 1 aromatic rings. The lowest BCUT2D eigenvalue weighted by molar-refractivity contribution is 0.210. The molecule has 1 aliphatic carbocycles. The maximum Gasteiger partial charge on any atom is 0.0615 e. The number of rotatable bonds is 4. The predicted octanol–water partition coefficient (Wildman–Crippen LogP) is 5.77. The van der Waals surface area contributed by atoms with Crippen LogP contribution >= 0.6 is 0 Å². The first-order chi connectivity index (χ1) is 10.0. The van der Waals surface area contributed by atoms with Crippen LogP contribution in [0.3, 0.4) is 0 Å². The standard InChI is InChI=1S/C20H27N/c1-4-8-18(16-11-13-20(2,3)14-12-16)15-19(21)17-9-6-5-7-10-17/h4-10,15-16,21H,11-14H2,1-3H3/b8-4-,18-15+,21-19?. The SMILES string of the molecule is C/C=C\C(=C/C(=N)c1ccccc1)C1CCC(C)(C)CC1. The van der Waals surface area contributed by atoms with Gasteiger partial charge in [0, 0.05) is 0 Å². The second-order valence-corrected chi connectivity index (χ2v) is 6.86. The van der Waals surface area contributed by atoms with Crippen molar-refractivity contribution in [1.29, 1.82) is 5.41 Å². The Bertz CT molecular complexity index is 524. The van der Waals surface area contributed by atoms with Gasteiger partial charge in [0.2, 0.25) is 0 Å². The van der Waals surface area contributed by atoms with Gasteiger partial charge in [-0.25, -0.2) is 0 Å². The molecule has 0 bridgehead atoms. The van der Waals surface area contributed by atoms with Gasteiger partial charge in [-0.3, -0.25) is 0 Å². The number of nitrogens with one attached hydrogen (secondary N) is 1. The topological polar surface area (TPSA) is 23.9 Å². The average Bonchev–Trinajstić information content (AvgIpc) is 2.48. The summed E-state index contributed by atoms with van der Waals surface area (Å²) >= 11 is 0. The number of hydrogen-bond acceptors (Lipinski definition) is 1. The summed E-state index contributed by atoms with van der Waals surface area (Å²) in [6, 6.07) is 10.0. The average molecular weight is 281 g/mol. The molecule has 1 nitrogen and oxygen atoms in total. The first-order valence-electron chi connectivity index (χ1n) is 8.00. The second kappa shape index (κ2) is 6.89. The molecule has 0 saturated heterocycles. The van der Waals surface area contributed by atoms with Crippen molar-refractivity contribution in [3.8, 4) is 0 Å². The van der Waals surface area contributed by atoms with Gasteiger partial charge in [0.15, 0.2) is 0 Å². The fourth-order valence-electron chi connectivity index (χ4n) is 3.09. The highest BCUT2D eigenvalue weighted by molar-refractivity contribution is 6.07. The number of hydrogen-bond donors (Lipinski definition) is 1. The lowest BCUT2D eigenvalue weighted by Gasteiger charge is -2.35. The van der Waals surface area contributed by atoms with Crippen molar-refractivity contribution in [2.24, 2.45) is 11.3 Å². The largest absolute Gasteiger partial charge is 0.300 e. The van der Waals surface area contributed by atoms with E-state index in [9.17, 15) is 0 Å². The lowest BCUT2D eigenvalue weighted by atomic mass is 9.71. The van der Waals surface area contributed by atoms with E-state index in [-0.39, 0.29) is 0 Å². The van der Waals surface area contributed by atoms with Crippen LogP contribution in [0.25, 0.3) is 0 Å². The second-order valence-electron chi connectivity index (χ2n) is 6.86. The van der Waals surface area contributed by atoms with Crippen LogP contribution in [0, 0.1) is 16.7 Å². The molecule has 0 amide bonds. The normalized spacial score (nSPS) is 19.9. The molecule has 0 radical (unpaired) electrons. The minimum atomic E-state index is 0.491. The Morgan fingerprint density at radius 3 is 2.33 bits per heavy atom. The maximum absolute atomic E-state index is 8.32. The summed E-state index contributed by atoms with van der Waals surface area (Å²) in [5.41, 5.74) is 3.43. The molecule has 0 aliphatic heterocycles. The van der Waals surface area contributed by atoms with Gasteiger partial charge in [-0.15, -0.1) is 0 Å². The lowest BCUT2D eigenvalue weighted by Crippen LogP contribution is -2.22. The molecule has 2 rings (SSSR count). The Labute approximate surface area is 129 Å². The third kappa shape index (κ3) is 4.42. The molecular weight excluding hydrogens is 254 g/mol. The molecule has 1 saturated carbocycles. The van der Waals surface area contributed by atoms with Gasteiger partial charge in [-0.2, -0.15) is 0 Å². The van der Waals surface area contributed by atoms with Crippen LogP contribution in [-0.2, 0) is 0 Å². The minimum absolute atomic E-state index is 0.491. The summed E-state index contributed by atoms with van der Waals surface area (Å²) in [4.78, 5) is 0. The van der Waals surface area contributed by atoms with E-state index in [1.807, 2.05) is 30.3 Å². The van der Waals surface area contributed by atoms with Crippen molar-refractivity contribution < 1.29 is 0 Å². The third-order valence-corrected chi connectivity index (χ3v) is 4.57. The molecule has 1 heteroatoms. The number of benzene rings is 1. The fraction of sp³-hybridized carbons (Fsp3) is 0.450. The Kier molecular flexibility index (Phi) is 5.17. The van der Waals surface area contributed by atoms with Crippen LogP contribution in [0.5, 0.6) is 0 Å². The molecule has 1 aliphatic rings. The Hall–Kier alpha value is -1.63. The van der Waals surface area contributed by atoms with E-state index in [1.165, 1.54) is 31.3 Å². The highest BCUT2D eigenvalue weighted by Gasteiger charge is 2.27. The quantitative estimate of drug-likeness (QED) is 0.535. The van der Waals surface area contributed by atoms with Crippen LogP contribution in [-0.4, -0.2) is 5.71 Å². The van der Waals surface area contributed by atoms with Crippen LogP contribution in [0.15, 0.2) is 54.1 Å². The van der Waals surface area contributed by atoms with Crippen LogP contribution < -0.4 is 0 Å². The molecule has 0 unspecified atom stereocenters. The zero-order chi connectivity index (χ0) is 15.3. The van der Waals surface area contributed by atoms with Gasteiger partial charge in [-0.1, -0.05) is 56.3 Å². The van der Waals surface area contributed by atoms with Gasteiger partial charge >= 0.3 is 0 Å². The van der Waals surface area contributed by atoms with Gasteiger partial charge < -0.3 is 5.41 Å². The van der Waals surface area contributed by atoms with Crippen molar-refractivity contribution in [3.05, 3.63) is 59.7 Å². The molecule has 1 N–H and O–H groups in total. The van der Waals surface area contributed by atoms with Crippen LogP contribution in [0.4, 0.5) is 0 Å². The summed E-state index contributed by atoms with van der Waals surface area (Å²) in [7, 11) is 0. The molecular formula is C20H27N. The molecule has 1 aromatic carbocycles. The smallest absolute Gasteiger partial charge is 0.0615 e. The summed E-state index contributed by atoms with van der Waals surface area (Å²) in [6.07, 6.45) is 11.4. The van der Waals surface area contributed by atoms with Crippen molar-refractivity contribution >= 4 is 5.71 Å². The summed E-state index contributed by atoms with van der Waals surface area (Å²) in [6.45, 7) is 6.80. The summed E-state index contributed by atoms with van der Waals surface area (Å²) < 4.78 is 0. The zero-order valence-corrected chi connectivity index (χ0v) is 13.5. The molecule has 112 valence electrons. The first-order valence-corrected chi connectivity index (χ1v) is 8.00. The summed E-state index contributed by atoms with van der Waals surface area (Å²) in [5, 5.41) is 8.32. The van der Waals surface area contributed by atoms with Gasteiger partial charge in [0.05, 0.1) is 5.71 Å². The zero-order valence-electron chi connectivity index (χ0n) is 13.5. The van der Waals surface area contributed by atoms with Crippen molar-refractivity contribution in [2.45, 2.75) is 46.5 Å².